The third kappa shape index (κ3) is 4.45. The number of carbonyl (C=O) groups is 1. The minimum atomic E-state index is -0.674. The van der Waals surface area contributed by atoms with E-state index in [9.17, 15) is 14.7 Å². The van der Waals surface area contributed by atoms with Crippen LogP contribution in [0.1, 0.15) is 56.3 Å². The number of thiazole rings is 1. The van der Waals surface area contributed by atoms with Crippen LogP contribution in [0, 0.1) is 0 Å². The van der Waals surface area contributed by atoms with Crippen molar-refractivity contribution in [1.29, 1.82) is 0 Å². The molecule has 0 amide bonds. The van der Waals surface area contributed by atoms with E-state index in [4.69, 9.17) is 16.3 Å². The molecular weight excluding hydrogens is 472 g/mol. The maximum atomic E-state index is 13.6. The Morgan fingerprint density at radius 2 is 1.97 bits per heavy atom. The standard InChI is InChI=1S/C26H25ClN2O4S/c1-5-33-25(32)22-15(4)28-26-29(23(22)17-8-6-16(7-9-17)14(2)3)24(31)21(34-26)13-18-12-19(27)10-11-20(18)30/h6-14,23,30H,5H2,1-4H3/b21-13-/t23-/m1/s1. The van der Waals surface area contributed by atoms with E-state index in [0.717, 1.165) is 11.1 Å². The lowest BCUT2D eigenvalue weighted by molar-refractivity contribution is -0.139. The van der Waals surface area contributed by atoms with Gasteiger partial charge >= 0.3 is 5.97 Å². The molecule has 0 radical (unpaired) electrons. The van der Waals surface area contributed by atoms with Gasteiger partial charge in [0.2, 0.25) is 0 Å². The highest BCUT2D eigenvalue weighted by Gasteiger charge is 2.33. The molecule has 8 heteroatoms. The summed E-state index contributed by atoms with van der Waals surface area (Å²) < 4.78 is 7.23. The Labute approximate surface area is 206 Å². The molecule has 0 unspecified atom stereocenters. The van der Waals surface area contributed by atoms with E-state index >= 15 is 0 Å². The molecule has 0 spiro atoms. The fourth-order valence-electron chi connectivity index (χ4n) is 3.95. The number of aromatic hydroxyl groups is 1. The summed E-state index contributed by atoms with van der Waals surface area (Å²) in [5.74, 6) is -0.133. The van der Waals surface area contributed by atoms with Crippen LogP contribution in [-0.2, 0) is 9.53 Å². The number of hydrogen-bond acceptors (Lipinski definition) is 6. The number of hydrogen-bond donors (Lipinski definition) is 1. The molecule has 0 bridgehead atoms. The zero-order valence-electron chi connectivity index (χ0n) is 19.3. The molecule has 4 rings (SSSR count). The van der Waals surface area contributed by atoms with Crippen molar-refractivity contribution in [2.45, 2.75) is 39.7 Å². The molecule has 2 aromatic carbocycles. The summed E-state index contributed by atoms with van der Waals surface area (Å²) >= 11 is 7.27. The van der Waals surface area contributed by atoms with Crippen LogP contribution in [-0.4, -0.2) is 22.2 Å². The average molecular weight is 497 g/mol. The van der Waals surface area contributed by atoms with Crippen LogP contribution in [0.25, 0.3) is 6.08 Å². The van der Waals surface area contributed by atoms with E-state index in [-0.39, 0.29) is 17.9 Å². The SMILES string of the molecule is CCOC(=O)C1=C(C)N=c2s/c(=C\c3cc(Cl)ccc3O)c(=O)n2[C@@H]1c1ccc(C(C)C)cc1. The van der Waals surface area contributed by atoms with E-state index < -0.39 is 12.0 Å². The number of phenolic OH excluding ortho intramolecular Hbond substituents is 1. The second kappa shape index (κ2) is 9.60. The van der Waals surface area contributed by atoms with Gasteiger partial charge in [-0.1, -0.05) is 61.1 Å². The Bertz CT molecular complexity index is 1470. The monoisotopic (exact) mass is 496 g/mol. The quantitative estimate of drug-likeness (QED) is 0.534. The van der Waals surface area contributed by atoms with Crippen LogP contribution in [0.4, 0.5) is 0 Å². The zero-order chi connectivity index (χ0) is 24.6. The smallest absolute Gasteiger partial charge is 0.338 e. The summed E-state index contributed by atoms with van der Waals surface area (Å²) in [5.41, 5.74) is 2.91. The first kappa shape index (κ1) is 24.0. The second-order valence-electron chi connectivity index (χ2n) is 8.33. The minimum Gasteiger partial charge on any atom is -0.507 e. The Hall–Kier alpha value is -3.16. The summed E-state index contributed by atoms with van der Waals surface area (Å²) in [4.78, 5) is 31.6. The van der Waals surface area contributed by atoms with Gasteiger partial charge in [0, 0.05) is 10.6 Å². The summed E-state index contributed by atoms with van der Waals surface area (Å²) in [7, 11) is 0. The number of ether oxygens (including phenoxy) is 1. The molecule has 1 N–H and O–H groups in total. The van der Waals surface area contributed by atoms with Gasteiger partial charge in [0.25, 0.3) is 5.56 Å². The van der Waals surface area contributed by atoms with Gasteiger partial charge in [-0.15, -0.1) is 0 Å². The second-order valence-corrected chi connectivity index (χ2v) is 9.77. The number of nitrogens with zero attached hydrogens (tertiary/aromatic N) is 2. The van der Waals surface area contributed by atoms with E-state index in [2.05, 4.69) is 18.8 Å². The summed E-state index contributed by atoms with van der Waals surface area (Å²) in [6.07, 6.45) is 1.59. The molecule has 176 valence electrons. The first-order chi connectivity index (χ1) is 16.2. The molecule has 1 aromatic heterocycles. The van der Waals surface area contributed by atoms with Crippen molar-refractivity contribution < 1.29 is 14.6 Å². The van der Waals surface area contributed by atoms with Crippen molar-refractivity contribution in [2.24, 2.45) is 4.99 Å². The van der Waals surface area contributed by atoms with Crippen LogP contribution < -0.4 is 14.9 Å². The number of phenols is 1. The van der Waals surface area contributed by atoms with E-state index in [1.807, 2.05) is 24.3 Å². The lowest BCUT2D eigenvalue weighted by atomic mass is 9.93. The van der Waals surface area contributed by atoms with Gasteiger partial charge in [0.05, 0.1) is 28.5 Å². The van der Waals surface area contributed by atoms with Crippen LogP contribution in [0.3, 0.4) is 0 Å². The van der Waals surface area contributed by atoms with Crippen LogP contribution in [0.5, 0.6) is 5.75 Å². The van der Waals surface area contributed by atoms with Crippen molar-refractivity contribution in [3.8, 4) is 5.75 Å². The number of fused-ring (bicyclic) bond motifs is 1. The van der Waals surface area contributed by atoms with Gasteiger partial charge in [0.1, 0.15) is 5.75 Å². The van der Waals surface area contributed by atoms with E-state index in [1.165, 1.54) is 22.0 Å². The predicted octanol–water partition coefficient (Wildman–Crippen LogP) is 4.28. The fraction of sp³-hybridized carbons (Fsp3) is 0.269. The summed E-state index contributed by atoms with van der Waals surface area (Å²) in [5, 5.41) is 10.7. The van der Waals surface area contributed by atoms with Crippen molar-refractivity contribution in [1.82, 2.24) is 4.57 Å². The fourth-order valence-corrected chi connectivity index (χ4v) is 5.17. The highest BCUT2D eigenvalue weighted by Crippen LogP contribution is 2.31. The van der Waals surface area contributed by atoms with Crippen molar-refractivity contribution in [3.63, 3.8) is 0 Å². The topological polar surface area (TPSA) is 80.9 Å². The zero-order valence-corrected chi connectivity index (χ0v) is 20.9. The molecule has 2 heterocycles. The van der Waals surface area contributed by atoms with Gasteiger partial charge in [-0.2, -0.15) is 0 Å². The molecule has 1 aliphatic rings. The number of rotatable bonds is 5. The molecule has 34 heavy (non-hydrogen) atoms. The molecule has 1 aliphatic heterocycles. The number of carbonyl (C=O) groups excluding carboxylic acids is 1. The largest absolute Gasteiger partial charge is 0.507 e. The van der Waals surface area contributed by atoms with Crippen LogP contribution in [0.2, 0.25) is 5.02 Å². The highest BCUT2D eigenvalue weighted by molar-refractivity contribution is 7.07. The third-order valence-corrected chi connectivity index (χ3v) is 6.93. The van der Waals surface area contributed by atoms with Crippen molar-refractivity contribution >= 4 is 35.0 Å². The maximum absolute atomic E-state index is 13.6. The van der Waals surface area contributed by atoms with Gasteiger partial charge < -0.3 is 9.84 Å². The first-order valence-electron chi connectivity index (χ1n) is 11.0. The van der Waals surface area contributed by atoms with Gasteiger partial charge in [0.15, 0.2) is 4.80 Å². The van der Waals surface area contributed by atoms with E-state index in [0.29, 0.717) is 37.1 Å². The molecule has 0 saturated carbocycles. The summed E-state index contributed by atoms with van der Waals surface area (Å²) in [6, 6.07) is 11.9. The van der Waals surface area contributed by atoms with Crippen LogP contribution in [0.15, 0.2) is 63.5 Å². The Morgan fingerprint density at radius 3 is 2.62 bits per heavy atom. The molecule has 0 fully saturated rings. The first-order valence-corrected chi connectivity index (χ1v) is 12.2. The maximum Gasteiger partial charge on any atom is 0.338 e. The molecular formula is C26H25ClN2O4S. The Kier molecular flexibility index (Phi) is 6.77. The van der Waals surface area contributed by atoms with Gasteiger partial charge in [-0.05, 0) is 55.2 Å². The van der Waals surface area contributed by atoms with E-state index in [1.54, 1.807) is 32.1 Å². The number of esters is 1. The number of allylic oxidation sites excluding steroid dienone is 1. The highest BCUT2D eigenvalue weighted by atomic mass is 35.5. The normalized spacial score (nSPS) is 15.9. The van der Waals surface area contributed by atoms with Gasteiger partial charge in [-0.25, -0.2) is 9.79 Å². The lowest BCUT2D eigenvalue weighted by Gasteiger charge is -2.25. The number of benzene rings is 2. The van der Waals surface area contributed by atoms with Crippen molar-refractivity contribution in [2.75, 3.05) is 6.61 Å². The minimum absolute atomic E-state index is 0.0134. The molecule has 0 aliphatic carbocycles. The Morgan fingerprint density at radius 1 is 1.26 bits per heavy atom. The molecule has 6 nitrogen and oxygen atoms in total. The van der Waals surface area contributed by atoms with Gasteiger partial charge in [-0.3, -0.25) is 9.36 Å². The third-order valence-electron chi connectivity index (χ3n) is 5.71. The molecule has 0 saturated heterocycles. The van der Waals surface area contributed by atoms with Crippen LogP contribution >= 0.6 is 22.9 Å². The average Bonchev–Trinajstić information content (AvgIpc) is 3.10. The number of aromatic nitrogens is 1. The summed E-state index contributed by atoms with van der Waals surface area (Å²) in [6.45, 7) is 7.93. The lowest BCUT2D eigenvalue weighted by Crippen LogP contribution is -2.39. The molecule has 3 aromatic rings. The number of halogens is 1. The Balaban J connectivity index is 1.95. The molecule has 1 atom stereocenters. The van der Waals surface area contributed by atoms with Crippen molar-refractivity contribution in [3.05, 3.63) is 95.1 Å². The predicted molar refractivity (Wildman–Crippen MR) is 134 cm³/mol.